The summed E-state index contributed by atoms with van der Waals surface area (Å²) in [4.78, 5) is 15.5. The zero-order valence-electron chi connectivity index (χ0n) is 30.9. The summed E-state index contributed by atoms with van der Waals surface area (Å²) in [6, 6.07) is 72.9. The zero-order valence-corrected chi connectivity index (χ0v) is 30.9. The van der Waals surface area contributed by atoms with E-state index in [0.717, 1.165) is 33.3 Å². The Labute approximate surface area is 330 Å². The maximum atomic E-state index is 5.19. The maximum absolute atomic E-state index is 5.19. The fraction of sp³-hybridized carbons (Fsp3) is 0. The van der Waals surface area contributed by atoms with Crippen LogP contribution in [0.3, 0.4) is 0 Å². The second kappa shape index (κ2) is 13.6. The molecular formula is C53H34N4. The van der Waals surface area contributed by atoms with Crippen LogP contribution in [-0.4, -0.2) is 19.5 Å². The van der Waals surface area contributed by atoms with Crippen molar-refractivity contribution in [3.63, 3.8) is 0 Å². The van der Waals surface area contributed by atoms with Crippen LogP contribution in [0.1, 0.15) is 0 Å². The normalized spacial score (nSPS) is 11.5. The standard InChI is InChI=1S/C53H34N4/c1-2-14-36(15-3-1)44-23-11-17-37-18-12-24-45(50(37)44)40-19-10-20-41(34-40)52-54-51(55-53(56-52)42-28-27-35-13-4-5-16-39(35)33-42)38-29-31-43(32-30-38)57-48-25-8-6-21-46(48)47-22-7-9-26-49(47)57/h1-34H. The number of benzene rings is 9. The quantitative estimate of drug-likeness (QED) is 0.171. The van der Waals surface area contributed by atoms with Crippen molar-refractivity contribution in [2.24, 2.45) is 0 Å². The predicted octanol–water partition coefficient (Wildman–Crippen LogP) is 13.6. The number of aromatic nitrogens is 4. The zero-order chi connectivity index (χ0) is 37.7. The van der Waals surface area contributed by atoms with Gasteiger partial charge in [-0.1, -0.05) is 158 Å². The van der Waals surface area contributed by atoms with Gasteiger partial charge in [-0.3, -0.25) is 0 Å². The lowest BCUT2D eigenvalue weighted by molar-refractivity contribution is 1.07. The summed E-state index contributed by atoms with van der Waals surface area (Å²) in [5.41, 5.74) is 10.9. The summed E-state index contributed by atoms with van der Waals surface area (Å²) in [5, 5.41) is 7.21. The number of rotatable bonds is 6. The van der Waals surface area contributed by atoms with Gasteiger partial charge in [-0.25, -0.2) is 15.0 Å². The topological polar surface area (TPSA) is 43.6 Å². The van der Waals surface area contributed by atoms with Crippen molar-refractivity contribution in [1.82, 2.24) is 19.5 Å². The molecule has 0 amide bonds. The third-order valence-corrected chi connectivity index (χ3v) is 11.0. The average molecular weight is 727 g/mol. The first-order chi connectivity index (χ1) is 28.2. The summed E-state index contributed by atoms with van der Waals surface area (Å²) in [5.74, 6) is 1.88. The molecule has 4 heteroatoms. The molecule has 0 N–H and O–H groups in total. The average Bonchev–Trinajstić information content (AvgIpc) is 3.63. The minimum atomic E-state index is 0.624. The van der Waals surface area contributed by atoms with Gasteiger partial charge < -0.3 is 4.57 Å². The van der Waals surface area contributed by atoms with E-state index in [0.29, 0.717) is 17.5 Å². The lowest BCUT2D eigenvalue weighted by Crippen LogP contribution is -2.01. The molecule has 0 aliphatic heterocycles. The molecule has 11 rings (SSSR count). The molecule has 2 heterocycles. The van der Waals surface area contributed by atoms with E-state index in [-0.39, 0.29) is 0 Å². The van der Waals surface area contributed by atoms with Crippen LogP contribution in [0.2, 0.25) is 0 Å². The van der Waals surface area contributed by atoms with Gasteiger partial charge in [-0.05, 0) is 92.3 Å². The van der Waals surface area contributed by atoms with E-state index in [1.807, 2.05) is 0 Å². The van der Waals surface area contributed by atoms with Crippen LogP contribution in [-0.2, 0) is 0 Å². The molecule has 0 fully saturated rings. The summed E-state index contributed by atoms with van der Waals surface area (Å²) in [6.07, 6.45) is 0. The van der Waals surface area contributed by atoms with Crippen LogP contribution in [0.4, 0.5) is 0 Å². The largest absolute Gasteiger partial charge is 0.309 e. The minimum Gasteiger partial charge on any atom is -0.309 e. The van der Waals surface area contributed by atoms with Crippen LogP contribution in [0, 0.1) is 0 Å². The third kappa shape index (κ3) is 5.74. The molecule has 0 bridgehead atoms. The van der Waals surface area contributed by atoms with Crippen molar-refractivity contribution in [2.45, 2.75) is 0 Å². The monoisotopic (exact) mass is 726 g/mol. The van der Waals surface area contributed by atoms with Gasteiger partial charge in [0.25, 0.3) is 0 Å². The number of nitrogens with zero attached hydrogens (tertiary/aromatic N) is 4. The van der Waals surface area contributed by atoms with Gasteiger partial charge >= 0.3 is 0 Å². The number of hydrogen-bond acceptors (Lipinski definition) is 3. The number of fused-ring (bicyclic) bond motifs is 5. The van der Waals surface area contributed by atoms with E-state index in [4.69, 9.17) is 15.0 Å². The molecule has 0 saturated carbocycles. The van der Waals surface area contributed by atoms with Gasteiger partial charge in [-0.15, -0.1) is 0 Å². The Balaban J connectivity index is 1.06. The van der Waals surface area contributed by atoms with Gasteiger partial charge in [0, 0.05) is 33.2 Å². The Bertz CT molecular complexity index is 3230. The van der Waals surface area contributed by atoms with E-state index >= 15 is 0 Å². The molecular weight excluding hydrogens is 693 g/mol. The summed E-state index contributed by atoms with van der Waals surface area (Å²) in [6.45, 7) is 0. The second-order valence-corrected chi connectivity index (χ2v) is 14.4. The molecule has 0 saturated heterocycles. The Kier molecular flexibility index (Phi) is 7.78. The molecule has 0 atom stereocenters. The predicted molar refractivity (Wildman–Crippen MR) is 236 cm³/mol. The molecule has 0 radical (unpaired) electrons. The van der Waals surface area contributed by atoms with Crippen LogP contribution < -0.4 is 0 Å². The molecule has 266 valence electrons. The summed E-state index contributed by atoms with van der Waals surface area (Å²) in [7, 11) is 0. The first kappa shape index (κ1) is 32.7. The lowest BCUT2D eigenvalue weighted by Gasteiger charge is -2.14. The van der Waals surface area contributed by atoms with Crippen molar-refractivity contribution in [2.75, 3.05) is 0 Å². The molecule has 11 aromatic rings. The Morgan fingerprint density at radius 3 is 1.49 bits per heavy atom. The van der Waals surface area contributed by atoms with Gasteiger partial charge in [-0.2, -0.15) is 0 Å². The van der Waals surface area contributed by atoms with Crippen molar-refractivity contribution >= 4 is 43.4 Å². The van der Waals surface area contributed by atoms with Crippen molar-refractivity contribution in [3.05, 3.63) is 206 Å². The fourth-order valence-electron chi connectivity index (χ4n) is 8.32. The van der Waals surface area contributed by atoms with Gasteiger partial charge in [0.2, 0.25) is 0 Å². The minimum absolute atomic E-state index is 0.624. The van der Waals surface area contributed by atoms with E-state index in [1.165, 1.54) is 54.7 Å². The van der Waals surface area contributed by atoms with Crippen LogP contribution in [0.5, 0.6) is 0 Å². The molecule has 0 spiro atoms. The van der Waals surface area contributed by atoms with E-state index < -0.39 is 0 Å². The highest BCUT2D eigenvalue weighted by Crippen LogP contribution is 2.38. The van der Waals surface area contributed by atoms with Gasteiger partial charge in [0.1, 0.15) is 0 Å². The van der Waals surface area contributed by atoms with Crippen molar-refractivity contribution in [3.8, 4) is 62.1 Å². The van der Waals surface area contributed by atoms with Crippen LogP contribution in [0.25, 0.3) is 105 Å². The maximum Gasteiger partial charge on any atom is 0.164 e. The van der Waals surface area contributed by atoms with Gasteiger partial charge in [0.15, 0.2) is 17.5 Å². The van der Waals surface area contributed by atoms with Gasteiger partial charge in [0.05, 0.1) is 11.0 Å². The number of para-hydroxylation sites is 2. The Hall–Kier alpha value is -7.69. The Morgan fingerprint density at radius 1 is 0.298 bits per heavy atom. The molecule has 57 heavy (non-hydrogen) atoms. The lowest BCUT2D eigenvalue weighted by atomic mass is 9.91. The fourth-order valence-corrected chi connectivity index (χ4v) is 8.32. The first-order valence-electron chi connectivity index (χ1n) is 19.3. The van der Waals surface area contributed by atoms with Crippen LogP contribution >= 0.6 is 0 Å². The first-order valence-corrected chi connectivity index (χ1v) is 19.3. The highest BCUT2D eigenvalue weighted by Gasteiger charge is 2.17. The molecule has 2 aromatic heterocycles. The van der Waals surface area contributed by atoms with Crippen molar-refractivity contribution < 1.29 is 0 Å². The molecule has 9 aromatic carbocycles. The number of hydrogen-bond donors (Lipinski definition) is 0. The molecule has 0 aliphatic rings. The SMILES string of the molecule is c1ccc(-c2cccc3cccc(-c4cccc(-c5nc(-c6ccc(-n7c8ccccc8c8ccccc87)cc6)nc(-c6ccc7ccccc7c6)n5)c4)c23)cc1. The van der Waals surface area contributed by atoms with E-state index in [9.17, 15) is 0 Å². The highest BCUT2D eigenvalue weighted by atomic mass is 15.0. The summed E-state index contributed by atoms with van der Waals surface area (Å²) < 4.78 is 2.33. The molecule has 0 aliphatic carbocycles. The molecule has 0 unspecified atom stereocenters. The smallest absolute Gasteiger partial charge is 0.164 e. The van der Waals surface area contributed by atoms with Crippen molar-refractivity contribution in [1.29, 1.82) is 0 Å². The van der Waals surface area contributed by atoms with E-state index in [2.05, 4.69) is 211 Å². The third-order valence-electron chi connectivity index (χ3n) is 11.0. The molecule has 4 nitrogen and oxygen atoms in total. The highest BCUT2D eigenvalue weighted by molar-refractivity contribution is 6.09. The van der Waals surface area contributed by atoms with E-state index in [1.54, 1.807) is 0 Å². The summed E-state index contributed by atoms with van der Waals surface area (Å²) >= 11 is 0. The van der Waals surface area contributed by atoms with Crippen LogP contribution in [0.15, 0.2) is 206 Å². The second-order valence-electron chi connectivity index (χ2n) is 14.4. The Morgan fingerprint density at radius 2 is 0.789 bits per heavy atom.